The number of thioether (sulfide) groups is 1. The fraction of sp³-hybridized carbons (Fsp3) is 0.133. The molecule has 9 heteroatoms. The van der Waals surface area contributed by atoms with Gasteiger partial charge in [-0.15, -0.1) is 11.8 Å². The molecule has 24 heavy (non-hydrogen) atoms. The first-order valence-corrected chi connectivity index (χ1v) is 7.91. The Hall–Kier alpha value is -2.94. The largest absolute Gasteiger partial charge is 0.324 e. The quantitative estimate of drug-likeness (QED) is 0.701. The lowest BCUT2D eigenvalue weighted by molar-refractivity contribution is -0.115. The molecular weight excluding hydrogens is 330 g/mol. The summed E-state index contributed by atoms with van der Waals surface area (Å²) < 4.78 is 0. The Morgan fingerprint density at radius 2 is 2.00 bits per heavy atom. The summed E-state index contributed by atoms with van der Waals surface area (Å²) in [5.74, 6) is -1.19. The van der Waals surface area contributed by atoms with Crippen LogP contribution in [0.2, 0.25) is 0 Å². The molecule has 1 aliphatic rings. The highest BCUT2D eigenvalue weighted by molar-refractivity contribution is 8.00. The van der Waals surface area contributed by atoms with Crippen LogP contribution in [0.5, 0.6) is 0 Å². The molecule has 1 aromatic carbocycles. The molecule has 2 aromatic rings. The molecule has 0 saturated heterocycles. The Labute approximate surface area is 141 Å². The maximum atomic E-state index is 12.1. The maximum absolute atomic E-state index is 12.1. The lowest BCUT2D eigenvalue weighted by Gasteiger charge is -2.21. The van der Waals surface area contributed by atoms with Crippen LogP contribution in [0.1, 0.15) is 27.8 Å². The van der Waals surface area contributed by atoms with Gasteiger partial charge in [0.15, 0.2) is 0 Å². The Morgan fingerprint density at radius 3 is 2.75 bits per heavy atom. The van der Waals surface area contributed by atoms with Crippen molar-refractivity contribution < 1.29 is 14.4 Å². The minimum atomic E-state index is -0.577. The van der Waals surface area contributed by atoms with Crippen molar-refractivity contribution in [1.29, 1.82) is 0 Å². The molecule has 3 N–H and O–H groups in total. The van der Waals surface area contributed by atoms with Gasteiger partial charge < -0.3 is 5.32 Å². The van der Waals surface area contributed by atoms with E-state index in [2.05, 4.69) is 26.1 Å². The number of rotatable bonds is 2. The van der Waals surface area contributed by atoms with Crippen LogP contribution in [0.3, 0.4) is 0 Å². The topological polar surface area (TPSA) is 113 Å². The van der Waals surface area contributed by atoms with Gasteiger partial charge in [0.2, 0.25) is 5.91 Å². The fourth-order valence-electron chi connectivity index (χ4n) is 2.02. The van der Waals surface area contributed by atoms with Crippen molar-refractivity contribution in [3.63, 3.8) is 0 Å². The summed E-state index contributed by atoms with van der Waals surface area (Å²) in [6, 6.07) is 4.95. The van der Waals surface area contributed by atoms with Crippen LogP contribution in [0.15, 0.2) is 41.7 Å². The van der Waals surface area contributed by atoms with E-state index in [9.17, 15) is 14.4 Å². The molecule has 1 aliphatic heterocycles. The smallest absolute Gasteiger partial charge is 0.289 e. The normalized spacial score (nSPS) is 15.9. The number of nitrogens with zero attached hydrogens (tertiary/aromatic N) is 2. The highest BCUT2D eigenvalue weighted by Crippen LogP contribution is 2.35. The fourth-order valence-corrected chi connectivity index (χ4v) is 2.95. The van der Waals surface area contributed by atoms with Crippen molar-refractivity contribution in [1.82, 2.24) is 20.8 Å². The van der Waals surface area contributed by atoms with Crippen molar-refractivity contribution in [2.24, 2.45) is 0 Å². The van der Waals surface area contributed by atoms with Gasteiger partial charge in [-0.2, -0.15) is 0 Å². The number of carbonyl (C=O) groups is 3. The van der Waals surface area contributed by atoms with Crippen LogP contribution in [0.25, 0.3) is 0 Å². The number of fused-ring (bicyclic) bond motifs is 1. The SMILES string of the molecule is CC1Sc2ccc(C(=O)NNC(=O)c3cnccn3)cc2NC1=O. The Balaban J connectivity index is 1.67. The summed E-state index contributed by atoms with van der Waals surface area (Å²) in [5.41, 5.74) is 5.53. The monoisotopic (exact) mass is 343 g/mol. The van der Waals surface area contributed by atoms with E-state index in [1.807, 2.05) is 6.92 Å². The Bertz CT molecular complexity index is 812. The summed E-state index contributed by atoms with van der Waals surface area (Å²) in [6.45, 7) is 1.81. The van der Waals surface area contributed by atoms with E-state index in [0.29, 0.717) is 11.3 Å². The van der Waals surface area contributed by atoms with Gasteiger partial charge in [-0.05, 0) is 25.1 Å². The Kier molecular flexibility index (Phi) is 4.43. The van der Waals surface area contributed by atoms with Gasteiger partial charge >= 0.3 is 0 Å². The molecule has 0 bridgehead atoms. The third kappa shape index (κ3) is 3.35. The molecule has 0 aliphatic carbocycles. The molecule has 0 saturated carbocycles. The zero-order valence-electron chi connectivity index (χ0n) is 12.6. The van der Waals surface area contributed by atoms with Crippen molar-refractivity contribution in [3.05, 3.63) is 48.0 Å². The number of amides is 3. The molecule has 1 atom stereocenters. The Morgan fingerprint density at radius 1 is 1.21 bits per heavy atom. The minimum absolute atomic E-state index is 0.0842. The summed E-state index contributed by atoms with van der Waals surface area (Å²) in [4.78, 5) is 44.1. The zero-order valence-corrected chi connectivity index (χ0v) is 13.4. The number of carbonyl (C=O) groups excluding carboxylic acids is 3. The van der Waals surface area contributed by atoms with Gasteiger partial charge in [0, 0.05) is 22.9 Å². The second-order valence-corrected chi connectivity index (χ2v) is 6.34. The number of hydrazine groups is 1. The molecule has 0 fully saturated rings. The van der Waals surface area contributed by atoms with Gasteiger partial charge in [0.25, 0.3) is 11.8 Å². The van der Waals surface area contributed by atoms with E-state index in [4.69, 9.17) is 0 Å². The van der Waals surface area contributed by atoms with Crippen LogP contribution in [-0.2, 0) is 4.79 Å². The summed E-state index contributed by atoms with van der Waals surface area (Å²) in [7, 11) is 0. The highest BCUT2D eigenvalue weighted by atomic mass is 32.2. The van der Waals surface area contributed by atoms with Crippen molar-refractivity contribution in [2.45, 2.75) is 17.1 Å². The average molecular weight is 343 g/mol. The number of anilines is 1. The van der Waals surface area contributed by atoms with Gasteiger partial charge in [0.05, 0.1) is 17.1 Å². The van der Waals surface area contributed by atoms with Crippen molar-refractivity contribution in [2.75, 3.05) is 5.32 Å². The first-order chi connectivity index (χ1) is 11.5. The van der Waals surface area contributed by atoms with E-state index in [1.165, 1.54) is 30.4 Å². The summed E-state index contributed by atoms with van der Waals surface area (Å²) in [6.07, 6.45) is 4.10. The summed E-state index contributed by atoms with van der Waals surface area (Å²) in [5, 5.41) is 2.57. The molecule has 1 aromatic heterocycles. The molecule has 122 valence electrons. The molecule has 8 nitrogen and oxygen atoms in total. The van der Waals surface area contributed by atoms with Gasteiger partial charge in [-0.3, -0.25) is 30.2 Å². The second kappa shape index (κ2) is 6.67. The lowest BCUT2D eigenvalue weighted by Crippen LogP contribution is -2.42. The standard InChI is InChI=1S/C15H13N5O3S/c1-8-13(21)18-10-6-9(2-3-12(10)24-8)14(22)19-20-15(23)11-7-16-4-5-17-11/h2-8H,1H3,(H,18,21)(H,19,22)(H,20,23). The van der Waals surface area contributed by atoms with Crippen LogP contribution in [0.4, 0.5) is 5.69 Å². The van der Waals surface area contributed by atoms with Crippen LogP contribution < -0.4 is 16.2 Å². The zero-order chi connectivity index (χ0) is 17.1. The average Bonchev–Trinajstić information content (AvgIpc) is 2.60. The molecule has 1 unspecified atom stereocenters. The van der Waals surface area contributed by atoms with E-state index in [1.54, 1.807) is 18.2 Å². The summed E-state index contributed by atoms with van der Waals surface area (Å²) >= 11 is 1.43. The second-order valence-electron chi connectivity index (χ2n) is 4.96. The van der Waals surface area contributed by atoms with Gasteiger partial charge in [-0.25, -0.2) is 4.98 Å². The van der Waals surface area contributed by atoms with Crippen LogP contribution in [0, 0.1) is 0 Å². The van der Waals surface area contributed by atoms with Gasteiger partial charge in [0.1, 0.15) is 5.69 Å². The first-order valence-electron chi connectivity index (χ1n) is 7.03. The van der Waals surface area contributed by atoms with E-state index < -0.39 is 11.8 Å². The molecule has 2 heterocycles. The number of benzene rings is 1. The number of hydrogen-bond acceptors (Lipinski definition) is 6. The number of nitrogens with one attached hydrogen (secondary N) is 3. The van der Waals surface area contributed by atoms with E-state index >= 15 is 0 Å². The highest BCUT2D eigenvalue weighted by Gasteiger charge is 2.23. The van der Waals surface area contributed by atoms with E-state index in [-0.39, 0.29) is 16.9 Å². The third-order valence-corrected chi connectivity index (χ3v) is 4.44. The van der Waals surface area contributed by atoms with E-state index in [0.717, 1.165) is 4.90 Å². The molecule has 0 spiro atoms. The van der Waals surface area contributed by atoms with Gasteiger partial charge in [-0.1, -0.05) is 0 Å². The maximum Gasteiger partial charge on any atom is 0.289 e. The molecular formula is C15H13N5O3S. The van der Waals surface area contributed by atoms with Crippen molar-refractivity contribution >= 4 is 35.2 Å². The molecule has 3 rings (SSSR count). The van der Waals surface area contributed by atoms with Crippen molar-refractivity contribution in [3.8, 4) is 0 Å². The third-order valence-electron chi connectivity index (χ3n) is 3.26. The van der Waals surface area contributed by atoms with Crippen LogP contribution in [-0.4, -0.2) is 32.9 Å². The minimum Gasteiger partial charge on any atom is -0.324 e. The molecule has 0 radical (unpaired) electrons. The predicted octanol–water partition coefficient (Wildman–Crippen LogP) is 0.984. The van der Waals surface area contributed by atoms with Crippen LogP contribution >= 0.6 is 11.8 Å². The lowest BCUT2D eigenvalue weighted by atomic mass is 10.2. The predicted molar refractivity (Wildman–Crippen MR) is 87.4 cm³/mol. The molecule has 3 amide bonds. The number of aromatic nitrogens is 2. The first kappa shape index (κ1) is 15.9. The number of hydrogen-bond donors (Lipinski definition) is 3.